The van der Waals surface area contributed by atoms with Crippen molar-refractivity contribution in [1.29, 1.82) is 0 Å². The third-order valence-electron chi connectivity index (χ3n) is 2.88. The number of ether oxygens (including phenoxy) is 1. The molecule has 0 aromatic heterocycles. The van der Waals surface area contributed by atoms with Gasteiger partial charge >= 0.3 is 0 Å². The van der Waals surface area contributed by atoms with Crippen LogP contribution in [0.5, 0.6) is 5.75 Å². The fourth-order valence-electron chi connectivity index (χ4n) is 1.85. The van der Waals surface area contributed by atoms with Gasteiger partial charge in [0.25, 0.3) is 0 Å². The van der Waals surface area contributed by atoms with Crippen LogP contribution < -0.4 is 4.74 Å². The van der Waals surface area contributed by atoms with Crippen LogP contribution in [0.1, 0.15) is 12.0 Å². The minimum Gasteiger partial charge on any atom is -0.493 e. The van der Waals surface area contributed by atoms with Crippen molar-refractivity contribution in [2.24, 2.45) is 0 Å². The molecule has 0 aliphatic heterocycles. The lowest BCUT2D eigenvalue weighted by molar-refractivity contribution is 0.139. The molecule has 1 N–H and O–H groups in total. The number of rotatable bonds is 6. The first-order valence-corrected chi connectivity index (χ1v) is 7.14. The summed E-state index contributed by atoms with van der Waals surface area (Å²) >= 11 is 3.49. The summed E-state index contributed by atoms with van der Waals surface area (Å²) in [5, 5.41) is 10.0. The molecular formula is C16H17BrO2. The fraction of sp³-hybridized carbons (Fsp3) is 0.250. The van der Waals surface area contributed by atoms with E-state index in [1.54, 1.807) is 0 Å². The van der Waals surface area contributed by atoms with Crippen LogP contribution >= 0.6 is 15.9 Å². The average Bonchev–Trinajstić information content (AvgIpc) is 2.43. The molecule has 3 heteroatoms. The number of aliphatic hydroxyl groups is 1. The van der Waals surface area contributed by atoms with Crippen molar-refractivity contribution < 1.29 is 9.84 Å². The summed E-state index contributed by atoms with van der Waals surface area (Å²) in [7, 11) is 0. The Kier molecular flexibility index (Phi) is 5.43. The first-order valence-electron chi connectivity index (χ1n) is 6.35. The molecule has 0 amide bonds. The first kappa shape index (κ1) is 14.1. The summed E-state index contributed by atoms with van der Waals surface area (Å²) in [4.78, 5) is 0. The first-order chi connectivity index (χ1) is 9.25. The molecule has 0 fully saturated rings. The van der Waals surface area contributed by atoms with E-state index in [1.807, 2.05) is 54.6 Å². The average molecular weight is 321 g/mol. The number of halogens is 1. The van der Waals surface area contributed by atoms with Crippen LogP contribution in [0.25, 0.3) is 0 Å². The van der Waals surface area contributed by atoms with E-state index in [0.717, 1.165) is 15.8 Å². The molecule has 2 rings (SSSR count). The zero-order valence-electron chi connectivity index (χ0n) is 10.6. The van der Waals surface area contributed by atoms with E-state index in [-0.39, 0.29) is 6.10 Å². The van der Waals surface area contributed by atoms with Crippen molar-refractivity contribution >= 4 is 15.9 Å². The van der Waals surface area contributed by atoms with Crippen LogP contribution in [0.4, 0.5) is 0 Å². The van der Waals surface area contributed by atoms with Crippen molar-refractivity contribution in [3.05, 3.63) is 64.6 Å². The topological polar surface area (TPSA) is 29.5 Å². The molecule has 2 aromatic carbocycles. The van der Waals surface area contributed by atoms with Crippen LogP contribution in [0.15, 0.2) is 59.1 Å². The zero-order chi connectivity index (χ0) is 13.5. The highest BCUT2D eigenvalue weighted by Crippen LogP contribution is 2.18. The van der Waals surface area contributed by atoms with E-state index < -0.39 is 0 Å². The normalized spacial score (nSPS) is 12.1. The molecule has 1 unspecified atom stereocenters. The lowest BCUT2D eigenvalue weighted by Crippen LogP contribution is -2.15. The molecule has 100 valence electrons. The monoisotopic (exact) mass is 320 g/mol. The summed E-state index contributed by atoms with van der Waals surface area (Å²) in [5.41, 5.74) is 1.12. The highest BCUT2D eigenvalue weighted by molar-refractivity contribution is 9.10. The zero-order valence-corrected chi connectivity index (χ0v) is 12.2. The highest BCUT2D eigenvalue weighted by atomic mass is 79.9. The summed E-state index contributed by atoms with van der Waals surface area (Å²) < 4.78 is 6.61. The Morgan fingerprint density at radius 3 is 2.42 bits per heavy atom. The summed E-state index contributed by atoms with van der Waals surface area (Å²) in [6.45, 7) is 0.523. The van der Waals surface area contributed by atoms with Gasteiger partial charge in [0.2, 0.25) is 0 Å². The molecule has 0 saturated heterocycles. The lowest BCUT2D eigenvalue weighted by Gasteiger charge is -2.12. The van der Waals surface area contributed by atoms with Gasteiger partial charge in [-0.1, -0.05) is 52.3 Å². The van der Waals surface area contributed by atoms with Gasteiger partial charge in [-0.15, -0.1) is 0 Å². The van der Waals surface area contributed by atoms with E-state index in [4.69, 9.17) is 4.74 Å². The molecule has 2 nitrogen and oxygen atoms in total. The minimum atomic E-state index is -0.387. The second-order valence-electron chi connectivity index (χ2n) is 4.40. The third kappa shape index (κ3) is 4.69. The van der Waals surface area contributed by atoms with Gasteiger partial charge in [0.05, 0.1) is 12.7 Å². The van der Waals surface area contributed by atoms with Gasteiger partial charge < -0.3 is 9.84 Å². The van der Waals surface area contributed by atoms with Crippen LogP contribution in [0, 0.1) is 0 Å². The second-order valence-corrected chi connectivity index (χ2v) is 5.25. The second kappa shape index (κ2) is 7.31. The van der Waals surface area contributed by atoms with E-state index in [1.165, 1.54) is 0 Å². The molecular weight excluding hydrogens is 304 g/mol. The van der Waals surface area contributed by atoms with Crippen LogP contribution in [0.3, 0.4) is 0 Å². The van der Waals surface area contributed by atoms with Gasteiger partial charge in [0.15, 0.2) is 0 Å². The highest BCUT2D eigenvalue weighted by Gasteiger charge is 2.08. The van der Waals surface area contributed by atoms with E-state index in [2.05, 4.69) is 15.9 Å². The summed E-state index contributed by atoms with van der Waals surface area (Å²) in [6, 6.07) is 17.6. The largest absolute Gasteiger partial charge is 0.493 e. The van der Waals surface area contributed by atoms with Crippen LogP contribution in [-0.4, -0.2) is 17.8 Å². The van der Waals surface area contributed by atoms with Crippen molar-refractivity contribution in [2.75, 3.05) is 6.61 Å². The van der Waals surface area contributed by atoms with Crippen LogP contribution in [-0.2, 0) is 6.42 Å². The Labute approximate surface area is 122 Å². The molecule has 0 saturated carbocycles. The van der Waals surface area contributed by atoms with E-state index in [0.29, 0.717) is 19.4 Å². The quantitative estimate of drug-likeness (QED) is 0.876. The standard InChI is InChI=1S/C16H17BrO2/c17-16-9-5-4-6-13(16)12-14(18)10-11-19-15-7-2-1-3-8-15/h1-9,14,18H,10-12H2. The van der Waals surface area contributed by atoms with E-state index in [9.17, 15) is 5.11 Å². The number of hydrogen-bond acceptors (Lipinski definition) is 2. The predicted molar refractivity (Wildman–Crippen MR) is 80.4 cm³/mol. The van der Waals surface area contributed by atoms with Gasteiger partial charge in [-0.2, -0.15) is 0 Å². The molecule has 0 spiro atoms. The maximum Gasteiger partial charge on any atom is 0.119 e. The number of para-hydroxylation sites is 1. The molecule has 0 radical (unpaired) electrons. The van der Waals surface area contributed by atoms with Gasteiger partial charge in [-0.05, 0) is 30.2 Å². The Morgan fingerprint density at radius 1 is 1.00 bits per heavy atom. The maximum atomic E-state index is 10.0. The summed E-state index contributed by atoms with van der Waals surface area (Å²) in [6.07, 6.45) is 0.873. The number of hydrogen-bond donors (Lipinski definition) is 1. The van der Waals surface area contributed by atoms with Crippen molar-refractivity contribution in [1.82, 2.24) is 0 Å². The molecule has 0 aliphatic carbocycles. The third-order valence-corrected chi connectivity index (χ3v) is 3.65. The number of aliphatic hydroxyl groups excluding tert-OH is 1. The Bertz CT molecular complexity index is 499. The predicted octanol–water partition coefficient (Wildman–Crippen LogP) is 3.82. The van der Waals surface area contributed by atoms with Gasteiger partial charge in [-0.25, -0.2) is 0 Å². The SMILES string of the molecule is OC(CCOc1ccccc1)Cc1ccccc1Br. The summed E-state index contributed by atoms with van der Waals surface area (Å²) in [5.74, 6) is 0.843. The molecule has 1 atom stereocenters. The fourth-order valence-corrected chi connectivity index (χ4v) is 2.30. The van der Waals surface area contributed by atoms with Crippen molar-refractivity contribution in [3.8, 4) is 5.75 Å². The smallest absolute Gasteiger partial charge is 0.119 e. The molecule has 2 aromatic rings. The maximum absolute atomic E-state index is 10.0. The number of benzene rings is 2. The van der Waals surface area contributed by atoms with Crippen molar-refractivity contribution in [2.45, 2.75) is 18.9 Å². The van der Waals surface area contributed by atoms with Gasteiger partial charge in [0, 0.05) is 10.9 Å². The lowest BCUT2D eigenvalue weighted by atomic mass is 10.1. The molecule has 0 aliphatic rings. The minimum absolute atomic E-state index is 0.387. The van der Waals surface area contributed by atoms with Crippen molar-refractivity contribution in [3.63, 3.8) is 0 Å². The molecule has 0 heterocycles. The van der Waals surface area contributed by atoms with Gasteiger partial charge in [-0.3, -0.25) is 0 Å². The van der Waals surface area contributed by atoms with Crippen LogP contribution in [0.2, 0.25) is 0 Å². The Hall–Kier alpha value is -1.32. The Morgan fingerprint density at radius 2 is 1.68 bits per heavy atom. The van der Waals surface area contributed by atoms with E-state index >= 15 is 0 Å². The van der Waals surface area contributed by atoms with Gasteiger partial charge in [0.1, 0.15) is 5.75 Å². The molecule has 0 bridgehead atoms. The Balaban J connectivity index is 1.76. The molecule has 19 heavy (non-hydrogen) atoms.